The molecule has 0 unspecified atom stereocenters. The van der Waals surface area contributed by atoms with Crippen molar-refractivity contribution in [2.75, 3.05) is 13.1 Å². The molecule has 1 aliphatic carbocycles. The van der Waals surface area contributed by atoms with Crippen molar-refractivity contribution >= 4 is 27.3 Å². The third-order valence-electron chi connectivity index (χ3n) is 6.03. The molecule has 3 nitrogen and oxygen atoms in total. The Morgan fingerprint density at radius 3 is 2.67 bits per heavy atom. The first-order valence-electron chi connectivity index (χ1n) is 8.51. The second-order valence-electron chi connectivity index (χ2n) is 7.30. The zero-order chi connectivity index (χ0) is 16.5. The molecule has 1 atom stereocenters. The van der Waals surface area contributed by atoms with E-state index in [-0.39, 0.29) is 17.5 Å². The lowest BCUT2D eigenvalue weighted by atomic mass is 9.77. The van der Waals surface area contributed by atoms with Gasteiger partial charge < -0.3 is 5.32 Å². The van der Waals surface area contributed by atoms with Gasteiger partial charge in [-0.15, -0.1) is 11.3 Å². The van der Waals surface area contributed by atoms with Crippen LogP contribution in [0.1, 0.15) is 35.4 Å². The Hall–Kier alpha value is -1.53. The van der Waals surface area contributed by atoms with Crippen molar-refractivity contribution in [1.29, 1.82) is 0 Å². The fourth-order valence-corrected chi connectivity index (χ4v) is 5.67. The van der Waals surface area contributed by atoms with E-state index in [1.165, 1.54) is 6.07 Å². The summed E-state index contributed by atoms with van der Waals surface area (Å²) in [6, 6.07) is 3.94. The van der Waals surface area contributed by atoms with Crippen LogP contribution in [-0.4, -0.2) is 35.5 Å². The van der Waals surface area contributed by atoms with Crippen LogP contribution >= 0.6 is 11.3 Å². The summed E-state index contributed by atoms with van der Waals surface area (Å²) in [5.74, 6) is -0.819. The molecule has 126 valence electrons. The molecule has 1 aromatic carbocycles. The van der Waals surface area contributed by atoms with Gasteiger partial charge in [0.05, 0.1) is 15.6 Å². The maximum absolute atomic E-state index is 13.9. The number of carbonyl (C=O) groups is 1. The van der Waals surface area contributed by atoms with Crippen LogP contribution in [0.15, 0.2) is 18.2 Å². The minimum Gasteiger partial charge on any atom is -0.346 e. The van der Waals surface area contributed by atoms with Crippen LogP contribution in [0.5, 0.6) is 0 Å². The van der Waals surface area contributed by atoms with Crippen LogP contribution in [0.2, 0.25) is 0 Å². The van der Waals surface area contributed by atoms with Crippen LogP contribution in [0, 0.1) is 17.6 Å². The summed E-state index contributed by atoms with van der Waals surface area (Å²) in [7, 11) is 0. The van der Waals surface area contributed by atoms with Gasteiger partial charge in [0.25, 0.3) is 5.91 Å². The first kappa shape index (κ1) is 14.8. The quantitative estimate of drug-likeness (QED) is 0.900. The molecular weight excluding hydrogens is 330 g/mol. The SMILES string of the molecule is O=C(N[C@@H]1C2CCN(CC2)C12CC2)c1cc2cc(F)cc(F)c2s1. The second-order valence-corrected chi connectivity index (χ2v) is 8.35. The predicted molar refractivity (Wildman–Crippen MR) is 89.3 cm³/mol. The van der Waals surface area contributed by atoms with Crippen LogP contribution in [0.25, 0.3) is 10.1 Å². The average molecular weight is 348 g/mol. The van der Waals surface area contributed by atoms with Gasteiger partial charge in [-0.2, -0.15) is 0 Å². The number of hydrogen-bond donors (Lipinski definition) is 1. The third-order valence-corrected chi connectivity index (χ3v) is 7.19. The molecule has 1 amide bonds. The number of rotatable bonds is 2. The standard InChI is InChI=1S/C18H18F2N2OS/c19-12-7-11-8-14(24-15(11)13(20)9-12)17(23)21-16-10-1-5-22(6-2-10)18(16)3-4-18/h7-10,16H,1-6H2,(H,21,23)/t16-/m1/s1. The largest absolute Gasteiger partial charge is 0.346 e. The average Bonchev–Trinajstić information content (AvgIpc) is 3.22. The lowest BCUT2D eigenvalue weighted by Crippen LogP contribution is -2.65. The van der Waals surface area contributed by atoms with E-state index in [0.717, 1.165) is 56.2 Å². The summed E-state index contributed by atoms with van der Waals surface area (Å²) in [5, 5.41) is 3.68. The van der Waals surface area contributed by atoms with E-state index < -0.39 is 11.6 Å². The molecule has 4 aliphatic rings. The molecule has 4 heterocycles. The van der Waals surface area contributed by atoms with Crippen LogP contribution in [0.4, 0.5) is 8.78 Å². The van der Waals surface area contributed by atoms with Gasteiger partial charge in [-0.1, -0.05) is 0 Å². The fourth-order valence-electron chi connectivity index (χ4n) is 4.72. The maximum atomic E-state index is 13.9. The Kier molecular flexibility index (Phi) is 3.07. The summed E-state index contributed by atoms with van der Waals surface area (Å²) in [5.41, 5.74) is 0.171. The molecule has 3 saturated heterocycles. The summed E-state index contributed by atoms with van der Waals surface area (Å²) in [4.78, 5) is 15.7. The van der Waals surface area contributed by atoms with Gasteiger partial charge in [0.2, 0.25) is 0 Å². The Morgan fingerprint density at radius 1 is 1.21 bits per heavy atom. The highest BCUT2D eigenvalue weighted by atomic mass is 32.1. The van der Waals surface area contributed by atoms with Gasteiger partial charge >= 0.3 is 0 Å². The van der Waals surface area contributed by atoms with Crippen LogP contribution in [-0.2, 0) is 0 Å². The van der Waals surface area contributed by atoms with Gasteiger partial charge in [-0.3, -0.25) is 9.69 Å². The second kappa shape index (κ2) is 4.99. The minimum absolute atomic E-state index is 0.152. The molecule has 2 aromatic rings. The van der Waals surface area contributed by atoms with Crippen molar-refractivity contribution in [3.05, 3.63) is 34.7 Å². The number of carbonyl (C=O) groups excluding carboxylic acids is 1. The van der Waals surface area contributed by atoms with Gasteiger partial charge in [-0.05, 0) is 62.2 Å². The highest BCUT2D eigenvalue weighted by molar-refractivity contribution is 7.20. The number of hydrogen-bond acceptors (Lipinski definition) is 3. The van der Waals surface area contributed by atoms with E-state index in [1.54, 1.807) is 6.07 Å². The number of thiophene rings is 1. The van der Waals surface area contributed by atoms with Crippen molar-refractivity contribution in [3.8, 4) is 0 Å². The van der Waals surface area contributed by atoms with E-state index in [9.17, 15) is 13.6 Å². The van der Waals surface area contributed by atoms with E-state index in [2.05, 4.69) is 10.2 Å². The van der Waals surface area contributed by atoms with Crippen molar-refractivity contribution in [2.45, 2.75) is 37.3 Å². The Morgan fingerprint density at radius 2 is 1.96 bits per heavy atom. The van der Waals surface area contributed by atoms with Crippen molar-refractivity contribution in [1.82, 2.24) is 10.2 Å². The molecule has 2 bridgehead atoms. The first-order chi connectivity index (χ1) is 11.6. The van der Waals surface area contributed by atoms with Gasteiger partial charge in [-0.25, -0.2) is 8.78 Å². The third kappa shape index (κ3) is 2.05. The summed E-state index contributed by atoms with van der Waals surface area (Å²) >= 11 is 1.10. The van der Waals surface area contributed by atoms with E-state index in [1.807, 2.05) is 0 Å². The monoisotopic (exact) mass is 348 g/mol. The van der Waals surface area contributed by atoms with Crippen LogP contribution in [0.3, 0.4) is 0 Å². The molecule has 4 fully saturated rings. The normalized spacial score (nSPS) is 30.0. The molecule has 0 radical (unpaired) electrons. The highest BCUT2D eigenvalue weighted by Gasteiger charge is 2.60. The molecular formula is C18H18F2N2OS. The van der Waals surface area contributed by atoms with Gasteiger partial charge in [0, 0.05) is 11.6 Å². The smallest absolute Gasteiger partial charge is 0.261 e. The predicted octanol–water partition coefficient (Wildman–Crippen LogP) is 3.54. The number of piperidine rings is 3. The molecule has 1 aromatic heterocycles. The van der Waals surface area contributed by atoms with E-state index >= 15 is 0 Å². The number of nitrogens with zero attached hydrogens (tertiary/aromatic N) is 1. The summed E-state index contributed by atoms with van der Waals surface area (Å²) in [6.07, 6.45) is 4.58. The number of amides is 1. The molecule has 6 heteroatoms. The highest BCUT2D eigenvalue weighted by Crippen LogP contribution is 2.53. The summed E-state index contributed by atoms with van der Waals surface area (Å²) in [6.45, 7) is 2.29. The Bertz CT molecular complexity index is 837. The molecule has 1 N–H and O–H groups in total. The van der Waals surface area contributed by atoms with E-state index in [4.69, 9.17) is 0 Å². The topological polar surface area (TPSA) is 32.3 Å². The van der Waals surface area contributed by atoms with Gasteiger partial charge in [0.15, 0.2) is 0 Å². The first-order valence-corrected chi connectivity index (χ1v) is 9.33. The summed E-state index contributed by atoms with van der Waals surface area (Å²) < 4.78 is 27.6. The molecule has 1 saturated carbocycles. The number of benzene rings is 1. The van der Waals surface area contributed by atoms with Crippen molar-refractivity contribution in [2.24, 2.45) is 5.92 Å². The zero-order valence-corrected chi connectivity index (χ0v) is 14.0. The number of fused-ring (bicyclic) bond motifs is 3. The van der Waals surface area contributed by atoms with Gasteiger partial charge in [0.1, 0.15) is 11.6 Å². The number of halogens is 2. The molecule has 6 rings (SSSR count). The molecule has 1 spiro atoms. The fraction of sp³-hybridized carbons (Fsp3) is 0.500. The lowest BCUT2D eigenvalue weighted by Gasteiger charge is -2.52. The number of nitrogens with one attached hydrogen (secondary N) is 1. The van der Waals surface area contributed by atoms with Crippen molar-refractivity contribution < 1.29 is 13.6 Å². The minimum atomic E-state index is -0.612. The Balaban J connectivity index is 1.44. The lowest BCUT2D eigenvalue weighted by molar-refractivity contribution is -0.00138. The van der Waals surface area contributed by atoms with Crippen molar-refractivity contribution in [3.63, 3.8) is 0 Å². The maximum Gasteiger partial charge on any atom is 0.261 e. The Labute approximate surface area is 142 Å². The van der Waals surface area contributed by atoms with E-state index in [0.29, 0.717) is 20.9 Å². The van der Waals surface area contributed by atoms with Crippen LogP contribution < -0.4 is 5.32 Å². The molecule has 24 heavy (non-hydrogen) atoms. The molecule has 3 aliphatic heterocycles. The zero-order valence-electron chi connectivity index (χ0n) is 13.1.